The number of hydrogen-bond acceptors (Lipinski definition) is 4. The van der Waals surface area contributed by atoms with Gasteiger partial charge in [-0.25, -0.2) is 0 Å². The molecule has 5 nitrogen and oxygen atoms in total. The molecule has 0 saturated carbocycles. The smallest absolute Gasteiger partial charge is 0.228 e. The number of methoxy groups -OCH3 is 2. The van der Waals surface area contributed by atoms with Crippen LogP contribution >= 0.6 is 0 Å². The van der Waals surface area contributed by atoms with Crippen LogP contribution in [-0.2, 0) is 4.79 Å². The summed E-state index contributed by atoms with van der Waals surface area (Å²) in [6.07, 6.45) is 1.94. The molecule has 1 amide bonds. The molecule has 0 aromatic heterocycles. The van der Waals surface area contributed by atoms with Crippen molar-refractivity contribution in [3.8, 4) is 11.5 Å². The van der Waals surface area contributed by atoms with Crippen LogP contribution in [0.5, 0.6) is 11.5 Å². The standard InChI is InChI=1S/C15H22N2O3/c1-10-4-5-11(9-16-10)15(18)17-13-7-6-12(19-2)8-14(13)20-3/h6-8,10-11,16H,4-5,9H2,1-3H3,(H,17,18). The predicted molar refractivity (Wildman–Crippen MR) is 78.4 cm³/mol. The van der Waals surface area contributed by atoms with E-state index in [0.717, 1.165) is 19.4 Å². The third-order valence-electron chi connectivity index (χ3n) is 3.70. The Labute approximate surface area is 119 Å². The summed E-state index contributed by atoms with van der Waals surface area (Å²) < 4.78 is 10.4. The molecular weight excluding hydrogens is 256 g/mol. The lowest BCUT2D eigenvalue weighted by Gasteiger charge is -2.27. The molecule has 110 valence electrons. The lowest BCUT2D eigenvalue weighted by Crippen LogP contribution is -2.41. The second kappa shape index (κ2) is 6.61. The van der Waals surface area contributed by atoms with E-state index in [-0.39, 0.29) is 11.8 Å². The number of nitrogens with one attached hydrogen (secondary N) is 2. The van der Waals surface area contributed by atoms with Gasteiger partial charge >= 0.3 is 0 Å². The summed E-state index contributed by atoms with van der Waals surface area (Å²) in [5.41, 5.74) is 0.678. The molecule has 5 heteroatoms. The molecule has 2 atom stereocenters. The lowest BCUT2D eigenvalue weighted by molar-refractivity contribution is -0.120. The minimum atomic E-state index is 0.0120. The topological polar surface area (TPSA) is 59.6 Å². The van der Waals surface area contributed by atoms with Crippen LogP contribution in [0.25, 0.3) is 0 Å². The van der Waals surface area contributed by atoms with Crippen molar-refractivity contribution in [1.29, 1.82) is 0 Å². The Morgan fingerprint density at radius 2 is 2.10 bits per heavy atom. The number of anilines is 1. The molecule has 0 radical (unpaired) electrons. The van der Waals surface area contributed by atoms with Gasteiger partial charge in [-0.1, -0.05) is 0 Å². The van der Waals surface area contributed by atoms with Crippen LogP contribution in [0.3, 0.4) is 0 Å². The highest BCUT2D eigenvalue weighted by atomic mass is 16.5. The molecule has 1 aromatic rings. The van der Waals surface area contributed by atoms with Crippen LogP contribution < -0.4 is 20.1 Å². The molecule has 20 heavy (non-hydrogen) atoms. The Kier molecular flexibility index (Phi) is 4.84. The molecule has 2 rings (SSSR count). The Bertz CT molecular complexity index is 468. The second-order valence-corrected chi connectivity index (χ2v) is 5.14. The number of carbonyl (C=O) groups is 1. The molecule has 0 bridgehead atoms. The number of rotatable bonds is 4. The summed E-state index contributed by atoms with van der Waals surface area (Å²) in [6.45, 7) is 2.87. The van der Waals surface area contributed by atoms with Crippen molar-refractivity contribution in [3.05, 3.63) is 18.2 Å². The Morgan fingerprint density at radius 1 is 1.30 bits per heavy atom. The van der Waals surface area contributed by atoms with Gasteiger partial charge in [0, 0.05) is 18.7 Å². The van der Waals surface area contributed by atoms with E-state index in [9.17, 15) is 4.79 Å². The molecule has 0 spiro atoms. The largest absolute Gasteiger partial charge is 0.497 e. The zero-order valence-corrected chi connectivity index (χ0v) is 12.2. The number of carbonyl (C=O) groups excluding carboxylic acids is 1. The first kappa shape index (κ1) is 14.7. The van der Waals surface area contributed by atoms with Gasteiger partial charge in [-0.2, -0.15) is 0 Å². The zero-order chi connectivity index (χ0) is 14.5. The number of amides is 1. The Balaban J connectivity index is 2.03. The summed E-state index contributed by atoms with van der Waals surface area (Å²) in [7, 11) is 3.18. The van der Waals surface area contributed by atoms with Crippen LogP contribution in [0, 0.1) is 5.92 Å². The summed E-state index contributed by atoms with van der Waals surface area (Å²) in [5.74, 6) is 1.36. The number of ether oxygens (including phenoxy) is 2. The van der Waals surface area contributed by atoms with Crippen LogP contribution in [0.1, 0.15) is 19.8 Å². The van der Waals surface area contributed by atoms with Gasteiger partial charge in [-0.3, -0.25) is 4.79 Å². The third-order valence-corrected chi connectivity index (χ3v) is 3.70. The lowest BCUT2D eigenvalue weighted by atomic mass is 9.94. The van der Waals surface area contributed by atoms with Crippen molar-refractivity contribution in [2.45, 2.75) is 25.8 Å². The third kappa shape index (κ3) is 3.42. The molecule has 1 aliphatic heterocycles. The van der Waals surface area contributed by atoms with Crippen LogP contribution in [0.4, 0.5) is 5.69 Å². The molecule has 2 N–H and O–H groups in total. The number of hydrogen-bond donors (Lipinski definition) is 2. The first-order chi connectivity index (χ1) is 9.63. The van der Waals surface area contributed by atoms with Crippen LogP contribution in [0.2, 0.25) is 0 Å². The maximum atomic E-state index is 12.3. The van der Waals surface area contributed by atoms with E-state index in [4.69, 9.17) is 9.47 Å². The number of piperidine rings is 1. The van der Waals surface area contributed by atoms with Crippen molar-refractivity contribution in [3.63, 3.8) is 0 Å². The van der Waals surface area contributed by atoms with Gasteiger partial charge in [0.25, 0.3) is 0 Å². The quantitative estimate of drug-likeness (QED) is 0.884. The van der Waals surface area contributed by atoms with Gasteiger partial charge < -0.3 is 20.1 Å². The van der Waals surface area contributed by atoms with Crippen molar-refractivity contribution in [1.82, 2.24) is 5.32 Å². The predicted octanol–water partition coefficient (Wildman–Crippen LogP) is 2.03. The van der Waals surface area contributed by atoms with E-state index in [1.165, 1.54) is 0 Å². The van der Waals surface area contributed by atoms with Crippen molar-refractivity contribution < 1.29 is 14.3 Å². The first-order valence-corrected chi connectivity index (χ1v) is 6.90. The highest BCUT2D eigenvalue weighted by molar-refractivity contribution is 5.94. The van der Waals surface area contributed by atoms with Crippen molar-refractivity contribution in [2.75, 3.05) is 26.1 Å². The maximum Gasteiger partial charge on any atom is 0.228 e. The van der Waals surface area contributed by atoms with Crippen molar-refractivity contribution >= 4 is 11.6 Å². The monoisotopic (exact) mass is 278 g/mol. The highest BCUT2D eigenvalue weighted by Gasteiger charge is 2.24. The molecule has 1 aromatic carbocycles. The highest BCUT2D eigenvalue weighted by Crippen LogP contribution is 2.29. The fourth-order valence-corrected chi connectivity index (χ4v) is 2.36. The van der Waals surface area contributed by atoms with E-state index in [0.29, 0.717) is 23.2 Å². The second-order valence-electron chi connectivity index (χ2n) is 5.14. The Morgan fingerprint density at radius 3 is 2.70 bits per heavy atom. The molecule has 0 aliphatic carbocycles. The van der Waals surface area contributed by atoms with E-state index in [2.05, 4.69) is 17.6 Å². The summed E-state index contributed by atoms with van der Waals surface area (Å²) in [6, 6.07) is 5.86. The van der Waals surface area contributed by atoms with Gasteiger partial charge in [-0.15, -0.1) is 0 Å². The zero-order valence-electron chi connectivity index (χ0n) is 12.2. The van der Waals surface area contributed by atoms with Crippen LogP contribution in [0.15, 0.2) is 18.2 Å². The fourth-order valence-electron chi connectivity index (χ4n) is 2.36. The average molecular weight is 278 g/mol. The summed E-state index contributed by atoms with van der Waals surface area (Å²) >= 11 is 0. The van der Waals surface area contributed by atoms with Crippen LogP contribution in [-0.4, -0.2) is 32.7 Å². The van der Waals surface area contributed by atoms with Gasteiger partial charge in [0.15, 0.2) is 0 Å². The van der Waals surface area contributed by atoms with E-state index in [1.54, 1.807) is 32.4 Å². The van der Waals surface area contributed by atoms with E-state index < -0.39 is 0 Å². The Hall–Kier alpha value is -1.75. The van der Waals surface area contributed by atoms with E-state index >= 15 is 0 Å². The van der Waals surface area contributed by atoms with Gasteiger partial charge in [0.1, 0.15) is 11.5 Å². The SMILES string of the molecule is COc1ccc(NC(=O)C2CCC(C)NC2)c(OC)c1. The molecule has 1 heterocycles. The first-order valence-electron chi connectivity index (χ1n) is 6.90. The summed E-state index contributed by atoms with van der Waals surface area (Å²) in [4.78, 5) is 12.3. The molecule has 2 unspecified atom stereocenters. The minimum absolute atomic E-state index is 0.0120. The maximum absolute atomic E-state index is 12.3. The minimum Gasteiger partial charge on any atom is -0.497 e. The molecule has 1 saturated heterocycles. The van der Waals surface area contributed by atoms with Gasteiger partial charge in [-0.05, 0) is 31.9 Å². The normalized spacial score (nSPS) is 22.1. The molecular formula is C15H22N2O3. The molecule has 1 aliphatic rings. The fraction of sp³-hybridized carbons (Fsp3) is 0.533. The molecule has 1 fully saturated rings. The average Bonchev–Trinajstić information content (AvgIpc) is 2.48. The van der Waals surface area contributed by atoms with Gasteiger partial charge in [0.2, 0.25) is 5.91 Å². The van der Waals surface area contributed by atoms with Crippen molar-refractivity contribution in [2.24, 2.45) is 5.92 Å². The summed E-state index contributed by atoms with van der Waals surface area (Å²) in [5, 5.41) is 6.27. The van der Waals surface area contributed by atoms with Gasteiger partial charge in [0.05, 0.1) is 25.8 Å². The van der Waals surface area contributed by atoms with E-state index in [1.807, 2.05) is 0 Å². The number of benzene rings is 1.